The van der Waals surface area contributed by atoms with Gasteiger partial charge in [0.05, 0.1) is 35.9 Å². The molecule has 0 aliphatic carbocycles. The van der Waals surface area contributed by atoms with Crippen molar-refractivity contribution in [1.82, 2.24) is 29.3 Å². The van der Waals surface area contributed by atoms with Crippen molar-refractivity contribution in [3.63, 3.8) is 0 Å². The first-order chi connectivity index (χ1) is 17.7. The molecule has 5 rings (SSSR count). The summed E-state index contributed by atoms with van der Waals surface area (Å²) in [5.74, 6) is 0.591. The van der Waals surface area contributed by atoms with E-state index in [4.69, 9.17) is 4.74 Å². The summed E-state index contributed by atoms with van der Waals surface area (Å²) in [7, 11) is 1.67. The Bertz CT molecular complexity index is 1470. The Morgan fingerprint density at radius 3 is 2.78 bits per heavy atom. The quantitative estimate of drug-likeness (QED) is 0.411. The first-order valence-electron chi connectivity index (χ1n) is 12.2. The lowest BCUT2D eigenvalue weighted by Gasteiger charge is -2.15. The third-order valence-electron chi connectivity index (χ3n) is 6.57. The number of nitrogens with one attached hydrogen (secondary N) is 1. The van der Waals surface area contributed by atoms with Crippen molar-refractivity contribution in [3.8, 4) is 17.2 Å². The van der Waals surface area contributed by atoms with Crippen molar-refractivity contribution in [1.29, 1.82) is 0 Å². The number of carbonyl (C=O) groups excluding carboxylic acids is 1. The molecule has 4 heterocycles. The van der Waals surface area contributed by atoms with Gasteiger partial charge in [0.25, 0.3) is 5.91 Å². The molecule has 37 heavy (non-hydrogen) atoms. The molecule has 1 atom stereocenters. The van der Waals surface area contributed by atoms with Crippen molar-refractivity contribution < 1.29 is 13.9 Å². The number of rotatable bonds is 6. The van der Waals surface area contributed by atoms with E-state index in [0.717, 1.165) is 24.4 Å². The van der Waals surface area contributed by atoms with Crippen LogP contribution in [0.4, 0.5) is 10.2 Å². The summed E-state index contributed by atoms with van der Waals surface area (Å²) in [6.45, 7) is 8.57. The largest absolute Gasteiger partial charge is 0.383 e. The predicted octanol–water partition coefficient (Wildman–Crippen LogP) is 4.66. The van der Waals surface area contributed by atoms with E-state index < -0.39 is 11.7 Å². The lowest BCUT2D eigenvalue weighted by atomic mass is 9.93. The molecule has 0 spiro atoms. The van der Waals surface area contributed by atoms with Gasteiger partial charge in [-0.3, -0.25) is 4.79 Å². The van der Waals surface area contributed by atoms with Gasteiger partial charge >= 0.3 is 0 Å². The molecular formula is C27H30FN7O2. The average molecular weight is 504 g/mol. The van der Waals surface area contributed by atoms with Crippen LogP contribution in [0.2, 0.25) is 0 Å². The monoisotopic (exact) mass is 503 g/mol. The van der Waals surface area contributed by atoms with Gasteiger partial charge in [0.2, 0.25) is 0 Å². The summed E-state index contributed by atoms with van der Waals surface area (Å²) in [6, 6.07) is 8.28. The van der Waals surface area contributed by atoms with E-state index in [-0.39, 0.29) is 17.0 Å². The van der Waals surface area contributed by atoms with Crippen LogP contribution in [0.1, 0.15) is 60.7 Å². The number of aromatic nitrogens is 6. The topological polar surface area (TPSA) is 99.8 Å². The number of ether oxygens (including phenoxy) is 1. The molecule has 1 aromatic carbocycles. The Balaban J connectivity index is 1.42. The van der Waals surface area contributed by atoms with Crippen molar-refractivity contribution in [3.05, 3.63) is 71.3 Å². The fourth-order valence-corrected chi connectivity index (χ4v) is 4.60. The lowest BCUT2D eigenvalue weighted by molar-refractivity contribution is 0.102. The second-order valence-corrected chi connectivity index (χ2v) is 10.4. The molecule has 9 nitrogen and oxygen atoms in total. The fourth-order valence-electron chi connectivity index (χ4n) is 4.60. The van der Waals surface area contributed by atoms with Gasteiger partial charge in [-0.1, -0.05) is 26.8 Å². The Morgan fingerprint density at radius 2 is 2.05 bits per heavy atom. The standard InChI is InChI=1S/C27H30FN7O2/c1-16-11-19(28)18(12-21(16)34-13-22(29-15-34)27(2,3)4)26(36)31-23-8-6-7-20(30-23)25-33-32-24-10-9-17(14-37-5)35(24)25/h6-8,11-13,15,17H,9-10,14H2,1-5H3,(H,30,31,36)/t17-/m0/s1. The molecular weight excluding hydrogens is 473 g/mol. The minimum atomic E-state index is -0.608. The van der Waals surface area contributed by atoms with Crippen LogP contribution in [0.5, 0.6) is 0 Å². The maximum atomic E-state index is 14.9. The molecule has 0 saturated heterocycles. The summed E-state index contributed by atoms with van der Waals surface area (Å²) in [4.78, 5) is 22.2. The van der Waals surface area contributed by atoms with Gasteiger partial charge in [-0.25, -0.2) is 14.4 Å². The number of hydrogen-bond donors (Lipinski definition) is 1. The minimum absolute atomic E-state index is 0.0812. The zero-order chi connectivity index (χ0) is 26.3. The molecule has 0 radical (unpaired) electrons. The Labute approximate surface area is 214 Å². The SMILES string of the molecule is COC[C@@H]1CCc2nnc(-c3cccc(NC(=O)c4cc(-n5cnc(C(C)(C)C)c5)c(C)cc4F)n3)n21. The first kappa shape index (κ1) is 24.8. The second-order valence-electron chi connectivity index (χ2n) is 10.4. The van der Waals surface area contributed by atoms with E-state index in [9.17, 15) is 9.18 Å². The summed E-state index contributed by atoms with van der Waals surface area (Å²) in [5.41, 5.74) is 2.62. The van der Waals surface area contributed by atoms with Gasteiger partial charge in [0.1, 0.15) is 23.2 Å². The van der Waals surface area contributed by atoms with Gasteiger partial charge in [0.15, 0.2) is 5.82 Å². The second kappa shape index (κ2) is 9.51. The molecule has 0 fully saturated rings. The number of imidazole rings is 1. The maximum Gasteiger partial charge on any atom is 0.259 e. The first-order valence-corrected chi connectivity index (χ1v) is 12.2. The van der Waals surface area contributed by atoms with E-state index >= 15 is 0 Å². The molecule has 0 bridgehead atoms. The van der Waals surface area contributed by atoms with Crippen molar-refractivity contribution in [2.45, 2.75) is 52.0 Å². The molecule has 1 N–H and O–H groups in total. The van der Waals surface area contributed by atoms with Crippen molar-refractivity contribution in [2.75, 3.05) is 19.0 Å². The van der Waals surface area contributed by atoms with Crippen LogP contribution in [0, 0.1) is 12.7 Å². The van der Waals surface area contributed by atoms with Crippen LogP contribution in [-0.4, -0.2) is 48.9 Å². The molecule has 1 aliphatic heterocycles. The van der Waals surface area contributed by atoms with E-state index in [2.05, 4.69) is 46.3 Å². The molecule has 4 aromatic rings. The molecule has 10 heteroatoms. The molecule has 3 aromatic heterocycles. The van der Waals surface area contributed by atoms with Crippen molar-refractivity contribution >= 4 is 11.7 Å². The predicted molar refractivity (Wildman–Crippen MR) is 137 cm³/mol. The van der Waals surface area contributed by atoms with E-state index in [0.29, 0.717) is 35.2 Å². The van der Waals surface area contributed by atoms with Crippen LogP contribution in [0.25, 0.3) is 17.2 Å². The summed E-state index contributed by atoms with van der Waals surface area (Å²) in [6.07, 6.45) is 5.33. The number of methoxy groups -OCH3 is 1. The van der Waals surface area contributed by atoms with Gasteiger partial charge in [-0.2, -0.15) is 0 Å². The number of aryl methyl sites for hydroxylation is 2. The highest BCUT2D eigenvalue weighted by Crippen LogP contribution is 2.31. The number of pyridine rings is 1. The Hall–Kier alpha value is -3.92. The van der Waals surface area contributed by atoms with Gasteiger partial charge < -0.3 is 19.2 Å². The minimum Gasteiger partial charge on any atom is -0.383 e. The number of hydrogen-bond acceptors (Lipinski definition) is 6. The Kier molecular flexibility index (Phi) is 6.36. The third kappa shape index (κ3) is 4.76. The van der Waals surface area contributed by atoms with E-state index in [1.54, 1.807) is 38.6 Å². The number of benzene rings is 1. The van der Waals surface area contributed by atoms with Gasteiger partial charge in [0, 0.05) is 25.1 Å². The molecule has 192 valence electrons. The lowest BCUT2D eigenvalue weighted by Crippen LogP contribution is -2.16. The third-order valence-corrected chi connectivity index (χ3v) is 6.57. The zero-order valence-electron chi connectivity index (χ0n) is 21.6. The molecule has 1 aliphatic rings. The number of carbonyl (C=O) groups is 1. The normalized spacial score (nSPS) is 15.1. The summed E-state index contributed by atoms with van der Waals surface area (Å²) < 4.78 is 24.1. The highest BCUT2D eigenvalue weighted by molar-refractivity contribution is 6.04. The summed E-state index contributed by atoms with van der Waals surface area (Å²) in [5, 5.41) is 11.3. The fraction of sp³-hybridized carbons (Fsp3) is 0.370. The van der Waals surface area contributed by atoms with Crippen LogP contribution >= 0.6 is 0 Å². The van der Waals surface area contributed by atoms with E-state index in [1.807, 2.05) is 21.4 Å². The van der Waals surface area contributed by atoms with Crippen LogP contribution < -0.4 is 5.32 Å². The Morgan fingerprint density at radius 1 is 1.24 bits per heavy atom. The van der Waals surface area contributed by atoms with Crippen LogP contribution in [-0.2, 0) is 16.6 Å². The molecule has 0 unspecified atom stereocenters. The number of anilines is 1. The van der Waals surface area contributed by atoms with Gasteiger partial charge in [-0.15, -0.1) is 10.2 Å². The number of nitrogens with zero attached hydrogens (tertiary/aromatic N) is 6. The maximum absolute atomic E-state index is 14.9. The highest BCUT2D eigenvalue weighted by atomic mass is 19.1. The molecule has 0 saturated carbocycles. The van der Waals surface area contributed by atoms with Crippen LogP contribution in [0.15, 0.2) is 42.9 Å². The summed E-state index contributed by atoms with van der Waals surface area (Å²) >= 11 is 0. The van der Waals surface area contributed by atoms with Gasteiger partial charge in [-0.05, 0) is 43.2 Å². The number of amides is 1. The smallest absolute Gasteiger partial charge is 0.259 e. The average Bonchev–Trinajstić information content (AvgIpc) is 3.57. The van der Waals surface area contributed by atoms with E-state index in [1.165, 1.54) is 6.07 Å². The zero-order valence-corrected chi connectivity index (χ0v) is 21.6. The highest BCUT2D eigenvalue weighted by Gasteiger charge is 2.28. The molecule has 1 amide bonds. The van der Waals surface area contributed by atoms with Crippen molar-refractivity contribution in [2.24, 2.45) is 0 Å². The van der Waals surface area contributed by atoms with Crippen LogP contribution in [0.3, 0.4) is 0 Å². The number of halogens is 1. The number of fused-ring (bicyclic) bond motifs is 1.